The summed E-state index contributed by atoms with van der Waals surface area (Å²) in [6.45, 7) is -3.00. The second kappa shape index (κ2) is 5.33. The highest BCUT2D eigenvalue weighted by Gasteiger charge is 2.22. The van der Waals surface area contributed by atoms with Crippen molar-refractivity contribution >= 4 is 35.0 Å². The molecule has 0 aliphatic rings. The maximum atomic E-state index is 13.4. The van der Waals surface area contributed by atoms with Crippen LogP contribution in [0.5, 0.6) is 0 Å². The monoisotopic (exact) mass is 341 g/mol. The summed E-state index contributed by atoms with van der Waals surface area (Å²) in [7, 11) is 1.62. The zero-order valence-corrected chi connectivity index (χ0v) is 12.9. The molecule has 3 rings (SSSR count). The average Bonchev–Trinajstić information content (AvgIpc) is 2.72. The van der Waals surface area contributed by atoms with Gasteiger partial charge >= 0.3 is 6.55 Å². The lowest BCUT2D eigenvalue weighted by Crippen LogP contribution is -2.22. The first-order chi connectivity index (χ1) is 10.4. The highest BCUT2D eigenvalue weighted by molar-refractivity contribution is 7.71. The number of rotatable bonds is 2. The smallest absolute Gasteiger partial charge is 0.317 e. The predicted octanol–water partition coefficient (Wildman–Crippen LogP) is 3.91. The first-order valence-electron chi connectivity index (χ1n) is 6.29. The standard InChI is InChI=1S/C14H10ClF2N3OS/c1-18-11-9(15)7-10(21)20(13(16)17)12(11)19(14(18)22)8-5-3-2-4-6-8/h2-7,13H,1H3. The molecule has 0 fully saturated rings. The number of aromatic nitrogens is 3. The molecule has 0 aliphatic carbocycles. The molecule has 0 bridgehead atoms. The summed E-state index contributed by atoms with van der Waals surface area (Å²) in [5.41, 5.74) is -0.0337. The molecule has 114 valence electrons. The van der Waals surface area contributed by atoms with Crippen molar-refractivity contribution in [2.45, 2.75) is 6.55 Å². The number of para-hydroxylation sites is 1. The van der Waals surface area contributed by atoms with Crippen LogP contribution in [-0.4, -0.2) is 13.7 Å². The van der Waals surface area contributed by atoms with Gasteiger partial charge in [-0.2, -0.15) is 8.78 Å². The van der Waals surface area contributed by atoms with Crippen molar-refractivity contribution in [3.05, 3.63) is 56.5 Å². The minimum absolute atomic E-state index is 0.0220. The molecular weight excluding hydrogens is 332 g/mol. The van der Waals surface area contributed by atoms with Crippen LogP contribution >= 0.6 is 23.8 Å². The highest BCUT2D eigenvalue weighted by atomic mass is 35.5. The Balaban J connectivity index is 2.61. The van der Waals surface area contributed by atoms with Gasteiger partial charge in [-0.1, -0.05) is 29.8 Å². The Labute approximate surface area is 133 Å². The fraction of sp³-hybridized carbons (Fsp3) is 0.143. The van der Waals surface area contributed by atoms with Crippen LogP contribution in [0.2, 0.25) is 5.02 Å². The number of nitrogens with zero attached hydrogens (tertiary/aromatic N) is 3. The van der Waals surface area contributed by atoms with Crippen molar-refractivity contribution in [3.63, 3.8) is 0 Å². The van der Waals surface area contributed by atoms with Crippen LogP contribution in [0.1, 0.15) is 6.55 Å². The van der Waals surface area contributed by atoms with Crippen LogP contribution in [0, 0.1) is 4.77 Å². The number of hydrogen-bond donors (Lipinski definition) is 0. The molecule has 0 amide bonds. The summed E-state index contributed by atoms with van der Waals surface area (Å²) in [4.78, 5) is 11.9. The van der Waals surface area contributed by atoms with Crippen LogP contribution in [0.3, 0.4) is 0 Å². The van der Waals surface area contributed by atoms with E-state index in [1.54, 1.807) is 37.4 Å². The van der Waals surface area contributed by atoms with Crippen molar-refractivity contribution in [1.29, 1.82) is 0 Å². The fourth-order valence-corrected chi connectivity index (χ4v) is 3.02. The van der Waals surface area contributed by atoms with Crippen LogP contribution in [0.15, 0.2) is 41.2 Å². The molecule has 1 aromatic carbocycles. The molecular formula is C14H10ClF2N3OS. The normalized spacial score (nSPS) is 11.5. The number of halogens is 3. The van der Waals surface area contributed by atoms with Crippen LogP contribution in [0.25, 0.3) is 16.9 Å². The summed E-state index contributed by atoms with van der Waals surface area (Å²) in [6, 6.07) is 9.72. The van der Waals surface area contributed by atoms with E-state index >= 15 is 0 Å². The van der Waals surface area contributed by atoms with Gasteiger partial charge in [0.1, 0.15) is 5.52 Å². The minimum atomic E-state index is -3.00. The Morgan fingerprint density at radius 3 is 2.45 bits per heavy atom. The summed E-state index contributed by atoms with van der Waals surface area (Å²) in [5, 5.41) is 0.0835. The number of alkyl halides is 2. The molecule has 0 N–H and O–H groups in total. The summed E-state index contributed by atoms with van der Waals surface area (Å²) >= 11 is 11.4. The quantitative estimate of drug-likeness (QED) is 0.662. The largest absolute Gasteiger partial charge is 0.323 e. The molecule has 2 heterocycles. The van der Waals surface area contributed by atoms with Gasteiger partial charge in [0.25, 0.3) is 5.56 Å². The molecule has 0 spiro atoms. The van der Waals surface area contributed by atoms with E-state index in [0.717, 1.165) is 6.07 Å². The lowest BCUT2D eigenvalue weighted by molar-refractivity contribution is 0.0705. The molecule has 0 saturated heterocycles. The summed E-state index contributed by atoms with van der Waals surface area (Å²) < 4.78 is 30.4. The van der Waals surface area contributed by atoms with Gasteiger partial charge in [0.2, 0.25) is 0 Å². The van der Waals surface area contributed by atoms with Gasteiger partial charge in [-0.15, -0.1) is 0 Å². The molecule has 0 unspecified atom stereocenters. The van der Waals surface area contributed by atoms with Gasteiger partial charge in [0, 0.05) is 18.8 Å². The third kappa shape index (κ3) is 2.08. The first kappa shape index (κ1) is 14.9. The first-order valence-corrected chi connectivity index (χ1v) is 7.08. The lowest BCUT2D eigenvalue weighted by atomic mass is 10.3. The van der Waals surface area contributed by atoms with Crippen molar-refractivity contribution < 1.29 is 8.78 Å². The SMILES string of the molecule is Cn1c(=S)n(-c2ccccc2)c2c1c(Cl)cc(=O)n2C(F)F. The van der Waals surface area contributed by atoms with E-state index in [0.29, 0.717) is 10.3 Å². The second-order valence-electron chi connectivity index (χ2n) is 4.66. The maximum Gasteiger partial charge on any atom is 0.323 e. The molecule has 2 aromatic heterocycles. The molecule has 3 aromatic rings. The maximum absolute atomic E-state index is 13.4. The number of fused-ring (bicyclic) bond motifs is 1. The molecule has 22 heavy (non-hydrogen) atoms. The van der Waals surface area contributed by atoms with E-state index in [4.69, 9.17) is 23.8 Å². The van der Waals surface area contributed by atoms with E-state index in [1.165, 1.54) is 9.13 Å². The van der Waals surface area contributed by atoms with Gasteiger partial charge in [-0.05, 0) is 24.4 Å². The number of pyridine rings is 1. The van der Waals surface area contributed by atoms with Crippen LogP contribution in [-0.2, 0) is 7.05 Å². The molecule has 0 atom stereocenters. The van der Waals surface area contributed by atoms with Crippen molar-refractivity contribution in [3.8, 4) is 5.69 Å². The predicted molar refractivity (Wildman–Crippen MR) is 83.6 cm³/mol. The molecule has 4 nitrogen and oxygen atoms in total. The Morgan fingerprint density at radius 2 is 1.86 bits per heavy atom. The minimum Gasteiger partial charge on any atom is -0.317 e. The Bertz CT molecular complexity index is 976. The highest BCUT2D eigenvalue weighted by Crippen LogP contribution is 2.28. The van der Waals surface area contributed by atoms with Crippen LogP contribution < -0.4 is 5.56 Å². The number of aryl methyl sites for hydroxylation is 1. The Kier molecular flexibility index (Phi) is 3.62. The molecule has 0 radical (unpaired) electrons. The zero-order valence-electron chi connectivity index (χ0n) is 11.3. The number of imidazole rings is 1. The van der Waals surface area contributed by atoms with Crippen LogP contribution in [0.4, 0.5) is 8.78 Å². The molecule has 0 saturated carbocycles. The molecule has 8 heteroatoms. The summed E-state index contributed by atoms with van der Waals surface area (Å²) in [6.07, 6.45) is 0. The van der Waals surface area contributed by atoms with E-state index in [-0.39, 0.29) is 21.0 Å². The van der Waals surface area contributed by atoms with Gasteiger partial charge in [0.05, 0.1) is 5.02 Å². The Hall–Kier alpha value is -1.99. The lowest BCUT2D eigenvalue weighted by Gasteiger charge is -2.11. The van der Waals surface area contributed by atoms with Crippen molar-refractivity contribution in [2.24, 2.45) is 7.05 Å². The van der Waals surface area contributed by atoms with Crippen molar-refractivity contribution in [2.75, 3.05) is 0 Å². The average molecular weight is 342 g/mol. The van der Waals surface area contributed by atoms with E-state index in [1.807, 2.05) is 0 Å². The number of hydrogen-bond acceptors (Lipinski definition) is 2. The zero-order chi connectivity index (χ0) is 16.0. The van der Waals surface area contributed by atoms with E-state index in [2.05, 4.69) is 0 Å². The Morgan fingerprint density at radius 1 is 1.23 bits per heavy atom. The van der Waals surface area contributed by atoms with E-state index in [9.17, 15) is 13.6 Å². The van der Waals surface area contributed by atoms with Gasteiger partial charge in [-0.25, -0.2) is 4.57 Å². The van der Waals surface area contributed by atoms with E-state index < -0.39 is 12.1 Å². The third-order valence-corrected chi connectivity index (χ3v) is 4.13. The van der Waals surface area contributed by atoms with Gasteiger partial charge in [-0.3, -0.25) is 9.36 Å². The number of benzene rings is 1. The van der Waals surface area contributed by atoms with Crippen molar-refractivity contribution in [1.82, 2.24) is 13.7 Å². The fourth-order valence-electron chi connectivity index (χ4n) is 2.43. The summed E-state index contributed by atoms with van der Waals surface area (Å²) in [5.74, 6) is 0. The van der Waals surface area contributed by atoms with Gasteiger partial charge in [0.15, 0.2) is 10.4 Å². The van der Waals surface area contributed by atoms with Gasteiger partial charge < -0.3 is 4.57 Å². The second-order valence-corrected chi connectivity index (χ2v) is 5.44. The molecule has 0 aliphatic heterocycles. The third-order valence-electron chi connectivity index (χ3n) is 3.39. The topological polar surface area (TPSA) is 31.9 Å².